The van der Waals surface area contributed by atoms with E-state index in [0.717, 1.165) is 20.9 Å². The maximum atomic E-state index is 12.0. The molecule has 7 heteroatoms. The first-order chi connectivity index (χ1) is 11.0. The number of carbonyl (C=O) groups is 1. The molecule has 2 aromatic heterocycles. The van der Waals surface area contributed by atoms with Gasteiger partial charge in [-0.05, 0) is 52.7 Å². The van der Waals surface area contributed by atoms with Gasteiger partial charge in [-0.1, -0.05) is 0 Å². The third-order valence-corrected chi connectivity index (χ3v) is 4.08. The maximum Gasteiger partial charge on any atom is 0.296 e. The minimum Gasteiger partial charge on any atom is -0.493 e. The van der Waals surface area contributed by atoms with Crippen molar-refractivity contribution < 1.29 is 9.90 Å². The van der Waals surface area contributed by atoms with Crippen LogP contribution in [0.1, 0.15) is 15.9 Å². The number of aromatic hydroxyl groups is 1. The van der Waals surface area contributed by atoms with Crippen molar-refractivity contribution >= 4 is 38.4 Å². The molecule has 0 aliphatic heterocycles. The van der Waals surface area contributed by atoms with Crippen molar-refractivity contribution in [3.8, 4) is 5.88 Å². The highest BCUT2D eigenvalue weighted by Crippen LogP contribution is 2.41. The van der Waals surface area contributed by atoms with Crippen LogP contribution in [0.15, 0.2) is 51.4 Å². The number of hydrogen-bond acceptors (Lipinski definition) is 4. The van der Waals surface area contributed by atoms with Crippen molar-refractivity contribution in [2.45, 2.75) is 6.92 Å². The van der Waals surface area contributed by atoms with Gasteiger partial charge in [0.05, 0.1) is 11.1 Å². The third kappa shape index (κ3) is 2.75. The van der Waals surface area contributed by atoms with Crippen LogP contribution in [0.3, 0.4) is 0 Å². The van der Waals surface area contributed by atoms with E-state index in [4.69, 9.17) is 0 Å². The number of amides is 1. The van der Waals surface area contributed by atoms with Gasteiger partial charge in [0.15, 0.2) is 5.69 Å². The van der Waals surface area contributed by atoms with E-state index in [1.54, 1.807) is 29.9 Å². The second kappa shape index (κ2) is 5.92. The summed E-state index contributed by atoms with van der Waals surface area (Å²) >= 11 is 3.48. The van der Waals surface area contributed by atoms with Gasteiger partial charge in [0, 0.05) is 29.3 Å². The molecule has 116 valence electrons. The normalized spacial score (nSPS) is 11.4. The molecule has 0 unspecified atom stereocenters. The summed E-state index contributed by atoms with van der Waals surface area (Å²) in [5, 5.41) is 18.7. The van der Waals surface area contributed by atoms with Crippen molar-refractivity contribution in [1.29, 1.82) is 0 Å². The van der Waals surface area contributed by atoms with Crippen LogP contribution >= 0.6 is 15.9 Å². The Hall–Kier alpha value is -2.54. The Bertz CT molecular complexity index is 932. The van der Waals surface area contributed by atoms with Crippen LogP contribution in [-0.4, -0.2) is 20.6 Å². The van der Waals surface area contributed by atoms with Crippen molar-refractivity contribution in [1.82, 2.24) is 9.55 Å². The minimum absolute atomic E-state index is 0.0472. The zero-order chi connectivity index (χ0) is 16.6. The lowest BCUT2D eigenvalue weighted by Gasteiger charge is -2.01. The van der Waals surface area contributed by atoms with Gasteiger partial charge in [0.25, 0.3) is 5.91 Å². The van der Waals surface area contributed by atoms with E-state index in [2.05, 4.69) is 31.1 Å². The Balaban J connectivity index is 2.09. The lowest BCUT2D eigenvalue weighted by Crippen LogP contribution is -1.93. The molecule has 0 aliphatic rings. The molecule has 0 atom stereocenters. The summed E-state index contributed by atoms with van der Waals surface area (Å²) in [5.74, 6) is -0.560. The van der Waals surface area contributed by atoms with Crippen LogP contribution in [0.2, 0.25) is 0 Å². The first-order valence-electron chi connectivity index (χ1n) is 6.82. The average Bonchev–Trinajstić information content (AvgIpc) is 2.77. The van der Waals surface area contributed by atoms with Crippen LogP contribution in [0.25, 0.3) is 10.9 Å². The summed E-state index contributed by atoms with van der Waals surface area (Å²) in [6.45, 7) is 1.94. The van der Waals surface area contributed by atoms with Gasteiger partial charge in [0.2, 0.25) is 5.88 Å². The first-order valence-corrected chi connectivity index (χ1v) is 7.62. The van der Waals surface area contributed by atoms with Crippen LogP contribution in [0.5, 0.6) is 5.88 Å². The molecule has 1 aromatic carbocycles. The number of rotatable bonds is 2. The van der Waals surface area contributed by atoms with Crippen molar-refractivity contribution in [3.05, 3.63) is 52.3 Å². The molecule has 1 N–H and O–H groups in total. The van der Waals surface area contributed by atoms with Crippen LogP contribution in [0, 0.1) is 6.92 Å². The number of benzene rings is 1. The summed E-state index contributed by atoms with van der Waals surface area (Å²) in [5.41, 5.74) is 2.40. The van der Waals surface area contributed by atoms with Gasteiger partial charge in [-0.25, -0.2) is 0 Å². The molecule has 0 fully saturated rings. The molecule has 0 radical (unpaired) electrons. The van der Waals surface area contributed by atoms with E-state index in [9.17, 15) is 9.90 Å². The minimum atomic E-state index is -0.513. The summed E-state index contributed by atoms with van der Waals surface area (Å²) in [4.78, 5) is 15.9. The second-order valence-corrected chi connectivity index (χ2v) is 5.98. The van der Waals surface area contributed by atoms with Gasteiger partial charge in [0.1, 0.15) is 0 Å². The van der Waals surface area contributed by atoms with Crippen molar-refractivity contribution in [2.24, 2.45) is 17.3 Å². The Morgan fingerprint density at radius 3 is 2.87 bits per heavy atom. The molecule has 0 aliphatic carbocycles. The molecular formula is C16H13BrN4O2. The van der Waals surface area contributed by atoms with E-state index < -0.39 is 5.91 Å². The van der Waals surface area contributed by atoms with E-state index in [0.29, 0.717) is 5.56 Å². The molecule has 2 heterocycles. The Labute approximate surface area is 140 Å². The fraction of sp³-hybridized carbons (Fsp3) is 0.125. The van der Waals surface area contributed by atoms with E-state index in [1.807, 2.05) is 19.1 Å². The molecule has 3 rings (SSSR count). The van der Waals surface area contributed by atoms with E-state index >= 15 is 0 Å². The predicted octanol–water partition coefficient (Wildman–Crippen LogP) is 4.27. The second-order valence-electron chi connectivity index (χ2n) is 5.12. The molecule has 6 nitrogen and oxygen atoms in total. The predicted molar refractivity (Wildman–Crippen MR) is 90.1 cm³/mol. The quantitative estimate of drug-likeness (QED) is 0.681. The Morgan fingerprint density at radius 1 is 1.39 bits per heavy atom. The standard InChI is InChI=1S/C16H13BrN4O2/c1-9-6-11-13(16(23)21(2)14(11)12(17)7-9)19-20-15(22)10-4-3-5-18-8-10/h3-8,23H,1-2H3. The van der Waals surface area contributed by atoms with E-state index in [1.165, 1.54) is 6.20 Å². The third-order valence-electron chi connectivity index (χ3n) is 3.48. The fourth-order valence-electron chi connectivity index (χ4n) is 2.38. The number of pyridine rings is 1. The van der Waals surface area contributed by atoms with Crippen molar-refractivity contribution in [2.75, 3.05) is 0 Å². The van der Waals surface area contributed by atoms with Gasteiger partial charge in [-0.2, -0.15) is 0 Å². The molecule has 0 spiro atoms. The topological polar surface area (TPSA) is 79.8 Å². The number of aromatic nitrogens is 2. The Kier molecular flexibility index (Phi) is 3.96. The van der Waals surface area contributed by atoms with Gasteiger partial charge < -0.3 is 9.67 Å². The lowest BCUT2D eigenvalue weighted by atomic mass is 10.1. The SMILES string of the molecule is Cc1cc(Br)c2c(c1)c(N=NC(=O)c1cccnc1)c(O)n2C. The van der Waals surface area contributed by atoms with Crippen LogP contribution in [-0.2, 0) is 7.05 Å². The molecule has 1 amide bonds. The van der Waals surface area contributed by atoms with Gasteiger partial charge in [-0.3, -0.25) is 9.78 Å². The number of azo groups is 1. The molecule has 0 saturated heterocycles. The number of nitrogens with zero attached hydrogens (tertiary/aromatic N) is 4. The number of hydrogen-bond donors (Lipinski definition) is 1. The highest BCUT2D eigenvalue weighted by molar-refractivity contribution is 9.10. The summed E-state index contributed by atoms with van der Waals surface area (Å²) in [7, 11) is 1.72. The zero-order valence-electron chi connectivity index (χ0n) is 12.5. The number of fused-ring (bicyclic) bond motifs is 1. The molecule has 0 bridgehead atoms. The zero-order valence-corrected chi connectivity index (χ0v) is 14.1. The van der Waals surface area contributed by atoms with Crippen LogP contribution < -0.4 is 0 Å². The van der Waals surface area contributed by atoms with Crippen LogP contribution in [0.4, 0.5) is 5.69 Å². The van der Waals surface area contributed by atoms with Gasteiger partial charge >= 0.3 is 0 Å². The Morgan fingerprint density at radius 2 is 2.17 bits per heavy atom. The maximum absolute atomic E-state index is 12.0. The highest BCUT2D eigenvalue weighted by atomic mass is 79.9. The molecule has 0 saturated carbocycles. The lowest BCUT2D eigenvalue weighted by molar-refractivity contribution is 0.0994. The number of aryl methyl sites for hydroxylation is 2. The highest BCUT2D eigenvalue weighted by Gasteiger charge is 2.17. The molecular weight excluding hydrogens is 360 g/mol. The van der Waals surface area contributed by atoms with E-state index in [-0.39, 0.29) is 11.6 Å². The summed E-state index contributed by atoms with van der Waals surface area (Å²) in [6.07, 6.45) is 3.00. The monoisotopic (exact) mass is 372 g/mol. The molecule has 23 heavy (non-hydrogen) atoms. The van der Waals surface area contributed by atoms with Crippen molar-refractivity contribution in [3.63, 3.8) is 0 Å². The summed E-state index contributed by atoms with van der Waals surface area (Å²) in [6, 6.07) is 7.10. The number of halogens is 1. The molecule has 3 aromatic rings. The average molecular weight is 373 g/mol. The fourth-order valence-corrected chi connectivity index (χ4v) is 3.22. The number of carbonyl (C=O) groups excluding carboxylic acids is 1. The largest absolute Gasteiger partial charge is 0.493 e. The summed E-state index contributed by atoms with van der Waals surface area (Å²) < 4.78 is 2.44. The smallest absolute Gasteiger partial charge is 0.296 e. The van der Waals surface area contributed by atoms with Gasteiger partial charge in [-0.15, -0.1) is 10.2 Å². The first kappa shape index (κ1) is 15.4.